The molecular formula is C17H18N4S2. The normalized spacial score (nSPS) is 19.0. The van der Waals surface area contributed by atoms with Crippen molar-refractivity contribution >= 4 is 22.7 Å². The van der Waals surface area contributed by atoms with Crippen molar-refractivity contribution in [2.75, 3.05) is 19.6 Å². The van der Waals surface area contributed by atoms with Crippen LogP contribution in [0.25, 0.3) is 10.6 Å². The van der Waals surface area contributed by atoms with Gasteiger partial charge >= 0.3 is 0 Å². The fraction of sp³-hybridized carbons (Fsp3) is 0.294. The lowest BCUT2D eigenvalue weighted by molar-refractivity contribution is 0.152. The Hall–Kier alpha value is -1.60. The number of hydrogen-bond acceptors (Lipinski definition) is 6. The van der Waals surface area contributed by atoms with Gasteiger partial charge in [0.2, 0.25) is 0 Å². The molecule has 0 saturated carbocycles. The Kier molecular flexibility index (Phi) is 4.48. The molecule has 1 saturated heterocycles. The fourth-order valence-corrected chi connectivity index (χ4v) is 4.47. The van der Waals surface area contributed by atoms with Gasteiger partial charge in [0.15, 0.2) is 0 Å². The van der Waals surface area contributed by atoms with Crippen LogP contribution in [0.1, 0.15) is 17.3 Å². The Bertz CT molecular complexity index is 739. The zero-order valence-electron chi connectivity index (χ0n) is 12.7. The molecule has 3 aromatic rings. The molecule has 0 bridgehead atoms. The summed E-state index contributed by atoms with van der Waals surface area (Å²) in [4.78, 5) is 11.6. The molecule has 1 aliphatic rings. The predicted octanol–water partition coefficient (Wildman–Crippen LogP) is 3.41. The third kappa shape index (κ3) is 3.35. The van der Waals surface area contributed by atoms with Crippen LogP contribution in [0.5, 0.6) is 0 Å². The Morgan fingerprint density at radius 3 is 3.13 bits per heavy atom. The van der Waals surface area contributed by atoms with Gasteiger partial charge in [-0.2, -0.15) is 11.3 Å². The van der Waals surface area contributed by atoms with E-state index < -0.39 is 0 Å². The van der Waals surface area contributed by atoms with E-state index in [1.165, 1.54) is 11.1 Å². The number of aromatic nitrogens is 2. The van der Waals surface area contributed by atoms with Gasteiger partial charge in [-0.1, -0.05) is 6.07 Å². The molecule has 0 aliphatic carbocycles. The number of pyridine rings is 1. The van der Waals surface area contributed by atoms with Crippen LogP contribution in [0.4, 0.5) is 0 Å². The van der Waals surface area contributed by atoms with Crippen LogP contribution >= 0.6 is 22.7 Å². The second kappa shape index (κ2) is 6.88. The highest BCUT2D eigenvalue weighted by atomic mass is 32.1. The molecule has 0 amide bonds. The summed E-state index contributed by atoms with van der Waals surface area (Å²) in [5, 5.41) is 11.1. The van der Waals surface area contributed by atoms with Crippen molar-refractivity contribution in [2.45, 2.75) is 12.6 Å². The molecule has 1 atom stereocenters. The Labute approximate surface area is 143 Å². The molecular weight excluding hydrogens is 324 g/mol. The van der Waals surface area contributed by atoms with E-state index in [1.54, 1.807) is 22.7 Å². The van der Waals surface area contributed by atoms with Crippen molar-refractivity contribution < 1.29 is 0 Å². The van der Waals surface area contributed by atoms with Crippen molar-refractivity contribution in [1.82, 2.24) is 20.2 Å². The minimum Gasteiger partial charge on any atom is -0.314 e. The number of hydrogen-bond donors (Lipinski definition) is 1. The lowest BCUT2D eigenvalue weighted by Gasteiger charge is -2.35. The van der Waals surface area contributed by atoms with Gasteiger partial charge in [0, 0.05) is 60.9 Å². The number of nitrogens with zero attached hydrogens (tertiary/aromatic N) is 3. The summed E-state index contributed by atoms with van der Waals surface area (Å²) in [6.07, 6.45) is 3.81. The number of piperazine rings is 1. The largest absolute Gasteiger partial charge is 0.314 e. The number of nitrogens with one attached hydrogen (secondary N) is 1. The SMILES string of the molecule is c1cncc(C2CNCCN2Cc2csc(-c3ccsc3)n2)c1. The van der Waals surface area contributed by atoms with Gasteiger partial charge in [-0.3, -0.25) is 9.88 Å². The third-order valence-electron chi connectivity index (χ3n) is 4.11. The lowest BCUT2D eigenvalue weighted by Crippen LogP contribution is -2.45. The van der Waals surface area contributed by atoms with Crippen LogP contribution in [0.15, 0.2) is 46.7 Å². The smallest absolute Gasteiger partial charge is 0.124 e. The second-order valence-corrected chi connectivity index (χ2v) is 7.27. The molecule has 4 heterocycles. The number of thiophene rings is 1. The first-order valence-electron chi connectivity index (χ1n) is 7.72. The summed E-state index contributed by atoms with van der Waals surface area (Å²) in [6.45, 7) is 3.91. The molecule has 1 fully saturated rings. The Morgan fingerprint density at radius 1 is 1.30 bits per heavy atom. The molecule has 4 rings (SSSR count). The topological polar surface area (TPSA) is 41.1 Å². The summed E-state index contributed by atoms with van der Waals surface area (Å²) in [5.41, 5.74) is 3.66. The van der Waals surface area contributed by atoms with Crippen molar-refractivity contribution in [2.24, 2.45) is 0 Å². The maximum absolute atomic E-state index is 4.82. The van der Waals surface area contributed by atoms with Crippen molar-refractivity contribution in [3.63, 3.8) is 0 Å². The van der Waals surface area contributed by atoms with Crippen LogP contribution in [-0.2, 0) is 6.54 Å². The molecule has 23 heavy (non-hydrogen) atoms. The molecule has 0 spiro atoms. The van der Waals surface area contributed by atoms with Crippen LogP contribution in [-0.4, -0.2) is 34.5 Å². The average molecular weight is 342 g/mol. The van der Waals surface area contributed by atoms with Gasteiger partial charge in [-0.25, -0.2) is 4.98 Å². The fourth-order valence-electron chi connectivity index (χ4n) is 2.94. The molecule has 118 valence electrons. The van der Waals surface area contributed by atoms with E-state index >= 15 is 0 Å². The molecule has 0 radical (unpaired) electrons. The average Bonchev–Trinajstić information content (AvgIpc) is 3.27. The summed E-state index contributed by atoms with van der Waals surface area (Å²) in [6, 6.07) is 6.68. The molecule has 4 nitrogen and oxygen atoms in total. The first-order valence-corrected chi connectivity index (χ1v) is 9.54. The van der Waals surface area contributed by atoms with E-state index in [1.807, 2.05) is 18.5 Å². The van der Waals surface area contributed by atoms with E-state index in [9.17, 15) is 0 Å². The summed E-state index contributed by atoms with van der Waals surface area (Å²) in [5.74, 6) is 0. The van der Waals surface area contributed by atoms with E-state index in [0.717, 1.165) is 36.9 Å². The molecule has 3 aromatic heterocycles. The van der Waals surface area contributed by atoms with Crippen molar-refractivity contribution in [3.05, 3.63) is 58.0 Å². The Balaban J connectivity index is 1.52. The monoisotopic (exact) mass is 342 g/mol. The minimum absolute atomic E-state index is 0.365. The third-order valence-corrected chi connectivity index (χ3v) is 5.73. The highest BCUT2D eigenvalue weighted by molar-refractivity contribution is 7.14. The highest BCUT2D eigenvalue weighted by Crippen LogP contribution is 2.28. The number of rotatable bonds is 4. The maximum atomic E-state index is 4.82. The van der Waals surface area contributed by atoms with Gasteiger partial charge in [-0.05, 0) is 23.1 Å². The summed E-state index contributed by atoms with van der Waals surface area (Å²) in [7, 11) is 0. The van der Waals surface area contributed by atoms with Crippen LogP contribution in [0, 0.1) is 0 Å². The van der Waals surface area contributed by atoms with Gasteiger partial charge in [0.1, 0.15) is 5.01 Å². The Morgan fingerprint density at radius 2 is 2.30 bits per heavy atom. The van der Waals surface area contributed by atoms with Gasteiger partial charge in [0.05, 0.1) is 5.69 Å². The molecule has 0 aromatic carbocycles. The van der Waals surface area contributed by atoms with Crippen LogP contribution in [0.3, 0.4) is 0 Å². The maximum Gasteiger partial charge on any atom is 0.124 e. The summed E-state index contributed by atoms with van der Waals surface area (Å²) >= 11 is 3.45. The van der Waals surface area contributed by atoms with Gasteiger partial charge in [0.25, 0.3) is 0 Å². The molecule has 6 heteroatoms. The second-order valence-electron chi connectivity index (χ2n) is 5.63. The predicted molar refractivity (Wildman–Crippen MR) is 95.7 cm³/mol. The van der Waals surface area contributed by atoms with E-state index in [4.69, 9.17) is 4.98 Å². The molecule has 1 unspecified atom stereocenters. The molecule has 1 aliphatic heterocycles. The van der Waals surface area contributed by atoms with Crippen LogP contribution < -0.4 is 5.32 Å². The molecule has 1 N–H and O–H groups in total. The first-order chi connectivity index (χ1) is 11.4. The lowest BCUT2D eigenvalue weighted by atomic mass is 10.1. The van der Waals surface area contributed by atoms with E-state index in [-0.39, 0.29) is 0 Å². The van der Waals surface area contributed by atoms with E-state index in [0.29, 0.717) is 6.04 Å². The van der Waals surface area contributed by atoms with Gasteiger partial charge < -0.3 is 5.32 Å². The van der Waals surface area contributed by atoms with Crippen LogP contribution in [0.2, 0.25) is 0 Å². The first kappa shape index (κ1) is 15.0. The van der Waals surface area contributed by atoms with Crippen molar-refractivity contribution in [1.29, 1.82) is 0 Å². The van der Waals surface area contributed by atoms with Crippen molar-refractivity contribution in [3.8, 4) is 10.6 Å². The quantitative estimate of drug-likeness (QED) is 0.789. The minimum atomic E-state index is 0.365. The zero-order chi connectivity index (χ0) is 15.5. The number of thiazole rings is 1. The standard InChI is InChI=1S/C17H18N4S2/c1-2-13(8-18-4-1)16-9-19-5-6-21(16)10-15-12-23-17(20-15)14-3-7-22-11-14/h1-4,7-8,11-12,16,19H,5-6,9-10H2. The van der Waals surface area contributed by atoms with Gasteiger partial charge in [-0.15, -0.1) is 11.3 Å². The van der Waals surface area contributed by atoms with E-state index in [2.05, 4.69) is 43.5 Å². The highest BCUT2D eigenvalue weighted by Gasteiger charge is 2.24. The zero-order valence-corrected chi connectivity index (χ0v) is 14.3. The summed E-state index contributed by atoms with van der Waals surface area (Å²) < 4.78 is 0.